The maximum atomic E-state index is 10.6. The van der Waals surface area contributed by atoms with Gasteiger partial charge in [0.15, 0.2) is 0 Å². The third-order valence-corrected chi connectivity index (χ3v) is 3.11. The Morgan fingerprint density at radius 1 is 1.11 bits per heavy atom. The van der Waals surface area contributed by atoms with Crippen LogP contribution in [0.3, 0.4) is 0 Å². The first-order valence-electron chi connectivity index (χ1n) is 5.38. The first-order valence-corrected chi connectivity index (χ1v) is 6.20. The van der Waals surface area contributed by atoms with E-state index < -0.39 is 5.91 Å². The maximum absolute atomic E-state index is 10.6. The Balaban J connectivity index is 2.12. The highest BCUT2D eigenvalue weighted by Crippen LogP contribution is 2.16. The molecule has 2 N–H and O–H groups in total. The van der Waals surface area contributed by atoms with Gasteiger partial charge in [-0.05, 0) is 30.3 Å². The van der Waals surface area contributed by atoms with E-state index in [1.54, 1.807) is 6.08 Å². The molecule has 3 heteroatoms. The first-order chi connectivity index (χ1) is 8.74. The summed E-state index contributed by atoms with van der Waals surface area (Å²) in [7, 11) is 0. The minimum absolute atomic E-state index is 0.444. The monoisotopic (exact) mass is 253 g/mol. The quantitative estimate of drug-likeness (QED) is 0.649. The van der Waals surface area contributed by atoms with Gasteiger partial charge in [-0.25, -0.2) is 0 Å². The number of carbonyl (C=O) groups excluding carboxylic acids is 1. The molecule has 1 aromatic carbocycles. The van der Waals surface area contributed by atoms with Crippen molar-refractivity contribution >= 4 is 23.3 Å². The molecular weight excluding hydrogens is 242 g/mol. The summed E-state index contributed by atoms with van der Waals surface area (Å²) in [6.45, 7) is 0. The lowest BCUT2D eigenvalue weighted by Gasteiger charge is -1.85. The molecule has 0 spiro atoms. The molecule has 0 aliphatic heterocycles. The lowest BCUT2D eigenvalue weighted by molar-refractivity contribution is -0.113. The van der Waals surface area contributed by atoms with E-state index in [0.717, 1.165) is 15.3 Å². The number of amides is 1. The van der Waals surface area contributed by atoms with Crippen LogP contribution >= 0.6 is 11.3 Å². The standard InChI is InChI=1S/C15H11NOS/c16-15(17)11-10-14-9-8-13(18-14)7-6-12-4-2-1-3-5-12/h1-5,8-11H,(H2,16,17)/b11-10+. The second kappa shape index (κ2) is 5.85. The van der Waals surface area contributed by atoms with E-state index in [2.05, 4.69) is 11.8 Å². The Morgan fingerprint density at radius 2 is 1.89 bits per heavy atom. The number of rotatable bonds is 2. The largest absolute Gasteiger partial charge is 0.366 e. The molecule has 2 rings (SSSR count). The molecule has 0 unspecified atom stereocenters. The highest BCUT2D eigenvalue weighted by atomic mass is 32.1. The Labute approximate surface area is 110 Å². The number of benzene rings is 1. The van der Waals surface area contributed by atoms with Crippen molar-refractivity contribution in [3.63, 3.8) is 0 Å². The van der Waals surface area contributed by atoms with Crippen molar-refractivity contribution in [2.45, 2.75) is 0 Å². The summed E-state index contributed by atoms with van der Waals surface area (Å²) in [6, 6.07) is 13.7. The van der Waals surface area contributed by atoms with Crippen LogP contribution in [-0.4, -0.2) is 5.91 Å². The van der Waals surface area contributed by atoms with Gasteiger partial charge in [-0.15, -0.1) is 11.3 Å². The second-order valence-corrected chi connectivity index (χ2v) is 4.67. The maximum Gasteiger partial charge on any atom is 0.241 e. The van der Waals surface area contributed by atoms with E-state index in [1.165, 1.54) is 17.4 Å². The normalized spacial score (nSPS) is 10.0. The first kappa shape index (κ1) is 12.2. The third-order valence-electron chi connectivity index (χ3n) is 2.14. The molecule has 0 aliphatic rings. The molecule has 0 bridgehead atoms. The summed E-state index contributed by atoms with van der Waals surface area (Å²) in [5, 5.41) is 0. The van der Waals surface area contributed by atoms with Crippen molar-refractivity contribution in [2.75, 3.05) is 0 Å². The van der Waals surface area contributed by atoms with Crippen molar-refractivity contribution in [1.82, 2.24) is 0 Å². The van der Waals surface area contributed by atoms with Crippen LogP contribution in [0.25, 0.3) is 6.08 Å². The van der Waals surface area contributed by atoms with Crippen LogP contribution in [0.5, 0.6) is 0 Å². The van der Waals surface area contributed by atoms with Crippen molar-refractivity contribution in [1.29, 1.82) is 0 Å². The fourth-order valence-corrected chi connectivity index (χ4v) is 2.09. The molecule has 1 heterocycles. The van der Waals surface area contributed by atoms with Gasteiger partial charge in [0, 0.05) is 16.5 Å². The van der Waals surface area contributed by atoms with Crippen LogP contribution in [0.4, 0.5) is 0 Å². The van der Waals surface area contributed by atoms with E-state index >= 15 is 0 Å². The summed E-state index contributed by atoms with van der Waals surface area (Å²) in [5.74, 6) is 5.73. The van der Waals surface area contributed by atoms with Gasteiger partial charge in [0.1, 0.15) is 0 Å². The van der Waals surface area contributed by atoms with Crippen LogP contribution < -0.4 is 5.73 Å². The molecule has 0 saturated carbocycles. The Bertz CT molecular complexity index is 629. The molecule has 2 aromatic rings. The summed E-state index contributed by atoms with van der Waals surface area (Å²) in [5.41, 5.74) is 6.02. The highest BCUT2D eigenvalue weighted by molar-refractivity contribution is 7.13. The van der Waals surface area contributed by atoms with Crippen LogP contribution in [0, 0.1) is 11.8 Å². The molecule has 0 atom stereocenters. The molecule has 0 saturated heterocycles. The fraction of sp³-hybridized carbons (Fsp3) is 0. The van der Waals surface area contributed by atoms with Gasteiger partial charge < -0.3 is 5.73 Å². The predicted octanol–water partition coefficient (Wildman–Crippen LogP) is 2.65. The van der Waals surface area contributed by atoms with Crippen molar-refractivity contribution in [3.05, 3.63) is 63.9 Å². The lowest BCUT2D eigenvalue weighted by Crippen LogP contribution is -2.04. The van der Waals surface area contributed by atoms with Gasteiger partial charge in [0.2, 0.25) is 5.91 Å². The average molecular weight is 253 g/mol. The Hall–Kier alpha value is -2.31. The van der Waals surface area contributed by atoms with E-state index in [9.17, 15) is 4.79 Å². The smallest absolute Gasteiger partial charge is 0.241 e. The van der Waals surface area contributed by atoms with E-state index in [4.69, 9.17) is 5.73 Å². The van der Waals surface area contributed by atoms with Gasteiger partial charge in [-0.1, -0.05) is 30.0 Å². The number of carbonyl (C=O) groups is 1. The van der Waals surface area contributed by atoms with Gasteiger partial charge in [0.25, 0.3) is 0 Å². The molecule has 18 heavy (non-hydrogen) atoms. The molecule has 0 radical (unpaired) electrons. The van der Waals surface area contributed by atoms with Crippen LogP contribution in [0.1, 0.15) is 15.3 Å². The number of primary amides is 1. The highest BCUT2D eigenvalue weighted by Gasteiger charge is 1.94. The summed E-state index contributed by atoms with van der Waals surface area (Å²) in [6.07, 6.45) is 3.04. The minimum Gasteiger partial charge on any atom is -0.366 e. The zero-order valence-corrected chi connectivity index (χ0v) is 10.4. The zero-order chi connectivity index (χ0) is 12.8. The molecule has 1 amide bonds. The summed E-state index contributed by atoms with van der Waals surface area (Å²) >= 11 is 1.53. The topological polar surface area (TPSA) is 43.1 Å². The van der Waals surface area contributed by atoms with Gasteiger partial charge in [-0.3, -0.25) is 4.79 Å². The van der Waals surface area contributed by atoms with E-state index in [1.807, 2.05) is 42.5 Å². The molecule has 0 aliphatic carbocycles. The Kier molecular flexibility index (Phi) is 3.95. The van der Waals surface area contributed by atoms with Crippen LogP contribution in [-0.2, 0) is 4.79 Å². The zero-order valence-electron chi connectivity index (χ0n) is 9.59. The van der Waals surface area contributed by atoms with Gasteiger partial charge in [-0.2, -0.15) is 0 Å². The summed E-state index contributed by atoms with van der Waals surface area (Å²) in [4.78, 5) is 12.5. The van der Waals surface area contributed by atoms with E-state index in [-0.39, 0.29) is 0 Å². The minimum atomic E-state index is -0.444. The number of hydrogen-bond acceptors (Lipinski definition) is 2. The van der Waals surface area contributed by atoms with Crippen LogP contribution in [0.15, 0.2) is 48.5 Å². The van der Waals surface area contributed by atoms with Crippen LogP contribution in [0.2, 0.25) is 0 Å². The molecule has 2 nitrogen and oxygen atoms in total. The molecule has 1 aromatic heterocycles. The molecule has 88 valence electrons. The van der Waals surface area contributed by atoms with Crippen molar-refractivity contribution < 1.29 is 4.79 Å². The van der Waals surface area contributed by atoms with Crippen molar-refractivity contribution in [2.24, 2.45) is 5.73 Å². The lowest BCUT2D eigenvalue weighted by atomic mass is 10.2. The average Bonchev–Trinajstić information content (AvgIpc) is 2.83. The van der Waals surface area contributed by atoms with Gasteiger partial charge in [0.05, 0.1) is 4.88 Å². The summed E-state index contributed by atoms with van der Waals surface area (Å²) < 4.78 is 0. The Morgan fingerprint density at radius 3 is 2.61 bits per heavy atom. The predicted molar refractivity (Wildman–Crippen MR) is 75.0 cm³/mol. The number of thiophene rings is 1. The number of nitrogens with two attached hydrogens (primary N) is 1. The SMILES string of the molecule is NC(=O)/C=C/c1ccc(C#Cc2ccccc2)s1. The van der Waals surface area contributed by atoms with Crippen molar-refractivity contribution in [3.8, 4) is 11.8 Å². The fourth-order valence-electron chi connectivity index (χ4n) is 1.33. The van der Waals surface area contributed by atoms with E-state index in [0.29, 0.717) is 0 Å². The second-order valence-electron chi connectivity index (χ2n) is 3.55. The number of hydrogen-bond donors (Lipinski definition) is 1. The molecule has 0 fully saturated rings. The van der Waals surface area contributed by atoms with Gasteiger partial charge >= 0.3 is 0 Å². The molecular formula is C15H11NOS. The third kappa shape index (κ3) is 3.62.